The largest absolute Gasteiger partial charge is 0.465 e. The number of aromatic amines is 1. The van der Waals surface area contributed by atoms with Gasteiger partial charge in [0.05, 0.1) is 24.9 Å². The summed E-state index contributed by atoms with van der Waals surface area (Å²) in [7, 11) is -4.22. The number of aromatic nitrogens is 2. The summed E-state index contributed by atoms with van der Waals surface area (Å²) in [5, 5.41) is 13.6. The fourth-order valence-corrected chi connectivity index (χ4v) is 6.83. The zero-order chi connectivity index (χ0) is 28.9. The van der Waals surface area contributed by atoms with E-state index in [1.807, 2.05) is 6.92 Å². The van der Waals surface area contributed by atoms with Crippen molar-refractivity contribution in [3.05, 3.63) is 67.4 Å². The lowest BCUT2D eigenvalue weighted by atomic mass is 10.00. The molecular weight excluding hydrogens is 609 g/mol. The highest BCUT2D eigenvalue weighted by Crippen LogP contribution is 2.50. The maximum atomic E-state index is 14.2. The van der Waals surface area contributed by atoms with Gasteiger partial charge in [0.25, 0.3) is 5.56 Å². The number of carbonyl (C=O) groups excluding carboxylic acids is 1. The van der Waals surface area contributed by atoms with E-state index in [0.717, 1.165) is 18.4 Å². The molecule has 4 rings (SSSR count). The molecule has 12 nitrogen and oxygen atoms in total. The lowest BCUT2D eigenvalue weighted by Crippen LogP contribution is -2.50. The monoisotopic (exact) mass is 641 g/mol. The number of halogens is 1. The van der Waals surface area contributed by atoms with E-state index in [2.05, 4.69) is 26.0 Å². The Morgan fingerprint density at radius 1 is 1.30 bits per heavy atom. The van der Waals surface area contributed by atoms with Crippen molar-refractivity contribution >= 4 is 35.7 Å². The summed E-state index contributed by atoms with van der Waals surface area (Å²) in [6.07, 6.45) is 2.05. The van der Waals surface area contributed by atoms with Gasteiger partial charge in [-0.15, -0.1) is 0 Å². The molecule has 0 spiro atoms. The second kappa shape index (κ2) is 13.0. The van der Waals surface area contributed by atoms with Crippen molar-refractivity contribution in [1.82, 2.24) is 14.6 Å². The van der Waals surface area contributed by atoms with Crippen LogP contribution in [-0.4, -0.2) is 51.6 Å². The molecule has 14 heteroatoms. The van der Waals surface area contributed by atoms with Gasteiger partial charge in [0.2, 0.25) is 0 Å². The summed E-state index contributed by atoms with van der Waals surface area (Å²) in [6.45, 7) is 3.38. The molecule has 1 aromatic carbocycles. The second-order valence-electron chi connectivity index (χ2n) is 9.79. The Morgan fingerprint density at radius 2 is 2.00 bits per heavy atom. The zero-order valence-electron chi connectivity index (χ0n) is 22.2. The van der Waals surface area contributed by atoms with Gasteiger partial charge in [-0.3, -0.25) is 23.7 Å². The first-order valence-corrected chi connectivity index (χ1v) is 15.5. The highest BCUT2D eigenvalue weighted by molar-refractivity contribution is 9.11. The Hall–Kier alpha value is -2.54. The first-order chi connectivity index (χ1) is 19.1. The zero-order valence-corrected chi connectivity index (χ0v) is 24.7. The molecule has 1 saturated heterocycles. The smallest absolute Gasteiger partial charge is 0.459 e. The molecule has 218 valence electrons. The topological polar surface area (TPSA) is 158 Å². The van der Waals surface area contributed by atoms with Crippen LogP contribution in [0.5, 0.6) is 5.75 Å². The Kier molecular flexibility index (Phi) is 9.86. The van der Waals surface area contributed by atoms with E-state index in [4.69, 9.17) is 18.5 Å². The van der Waals surface area contributed by atoms with Gasteiger partial charge >= 0.3 is 19.4 Å². The van der Waals surface area contributed by atoms with Crippen molar-refractivity contribution in [2.24, 2.45) is 0 Å². The number of aliphatic hydroxyl groups is 1. The van der Waals surface area contributed by atoms with Crippen LogP contribution in [0.2, 0.25) is 0 Å². The standard InChI is InChI=1S/C26H33BrN3O9P/c1-3-36-24(33)26(11-4-5-12-26)29-40(35,39-19-8-6-17(2)7-9-19)37-16-21-20(31)14-22(38-21)30-15-18(10-13-27)23(32)28-25(30)34/h6-10,13,15,20-22,31H,3-5,11-12,14,16H2,1-2H3,(H,29,35)(H,28,32,34)/b13-10+/t20?,21-,22-,40?/m1/s1. The maximum absolute atomic E-state index is 14.2. The van der Waals surface area contributed by atoms with E-state index in [9.17, 15) is 24.1 Å². The van der Waals surface area contributed by atoms with Gasteiger partial charge in [-0.25, -0.2) is 9.36 Å². The van der Waals surface area contributed by atoms with Gasteiger partial charge in [-0.05, 0) is 49.9 Å². The molecule has 40 heavy (non-hydrogen) atoms. The quantitative estimate of drug-likeness (QED) is 0.245. The Bertz CT molecular complexity index is 1390. The van der Waals surface area contributed by atoms with E-state index < -0.39 is 48.9 Å². The van der Waals surface area contributed by atoms with Crippen molar-refractivity contribution in [2.75, 3.05) is 13.2 Å². The van der Waals surface area contributed by atoms with Crippen molar-refractivity contribution in [3.8, 4) is 5.75 Å². The van der Waals surface area contributed by atoms with Crippen molar-refractivity contribution in [2.45, 2.75) is 69.9 Å². The molecule has 1 aliphatic heterocycles. The predicted octanol–water partition coefficient (Wildman–Crippen LogP) is 3.53. The van der Waals surface area contributed by atoms with Crippen LogP contribution in [0.15, 0.2) is 45.0 Å². The molecule has 2 fully saturated rings. The molecule has 0 radical (unpaired) electrons. The Morgan fingerprint density at radius 3 is 2.65 bits per heavy atom. The van der Waals surface area contributed by atoms with E-state index in [0.29, 0.717) is 12.8 Å². The fraction of sp³-hybridized carbons (Fsp3) is 0.500. The molecular formula is C26H33BrN3O9P. The third-order valence-electron chi connectivity index (χ3n) is 6.88. The molecule has 1 saturated carbocycles. The number of rotatable bonds is 11. The van der Waals surface area contributed by atoms with Crippen LogP contribution in [-0.2, 0) is 23.4 Å². The summed E-state index contributed by atoms with van der Waals surface area (Å²) in [6, 6.07) is 6.84. The van der Waals surface area contributed by atoms with Crippen LogP contribution in [0, 0.1) is 6.92 Å². The van der Waals surface area contributed by atoms with Gasteiger partial charge in [0, 0.05) is 12.6 Å². The maximum Gasteiger partial charge on any atom is 0.459 e. The first kappa shape index (κ1) is 30.4. The van der Waals surface area contributed by atoms with E-state index in [1.54, 1.807) is 31.2 Å². The number of ether oxygens (including phenoxy) is 2. The van der Waals surface area contributed by atoms with Gasteiger partial charge in [0.15, 0.2) is 0 Å². The van der Waals surface area contributed by atoms with Gasteiger partial charge in [-0.1, -0.05) is 46.5 Å². The highest BCUT2D eigenvalue weighted by Gasteiger charge is 2.49. The van der Waals surface area contributed by atoms with Crippen molar-refractivity contribution in [3.63, 3.8) is 0 Å². The molecule has 4 atom stereocenters. The summed E-state index contributed by atoms with van der Waals surface area (Å²) >= 11 is 3.10. The number of hydrogen-bond acceptors (Lipinski definition) is 9. The predicted molar refractivity (Wildman–Crippen MR) is 150 cm³/mol. The highest BCUT2D eigenvalue weighted by atomic mass is 79.9. The summed E-state index contributed by atoms with van der Waals surface area (Å²) in [5.74, 6) is -0.275. The molecule has 0 bridgehead atoms. The first-order valence-electron chi connectivity index (χ1n) is 13.0. The van der Waals surface area contributed by atoms with Crippen LogP contribution in [0.25, 0.3) is 6.08 Å². The van der Waals surface area contributed by atoms with Crippen LogP contribution in [0.4, 0.5) is 0 Å². The van der Waals surface area contributed by atoms with Crippen molar-refractivity contribution in [1.29, 1.82) is 0 Å². The van der Waals surface area contributed by atoms with Crippen LogP contribution >= 0.6 is 23.7 Å². The number of carbonyl (C=O) groups is 1. The second-order valence-corrected chi connectivity index (χ2v) is 12.0. The number of H-pyrrole nitrogens is 1. The summed E-state index contributed by atoms with van der Waals surface area (Å²) in [5.41, 5.74) is -1.36. The van der Waals surface area contributed by atoms with Crippen LogP contribution in [0.3, 0.4) is 0 Å². The SMILES string of the molecule is CCOC(=O)C1(NP(=O)(OC[C@H]2O[C@@H](n3cc(/C=C/Br)c(=O)[nH]c3=O)CC2O)Oc2ccc(C)cc2)CCCC1. The van der Waals surface area contributed by atoms with Gasteiger partial charge < -0.3 is 19.1 Å². The molecule has 2 heterocycles. The van der Waals surface area contributed by atoms with E-state index >= 15 is 0 Å². The molecule has 2 aromatic rings. The average Bonchev–Trinajstić information content (AvgIpc) is 3.53. The van der Waals surface area contributed by atoms with Crippen molar-refractivity contribution < 1.29 is 33.0 Å². The molecule has 1 aliphatic carbocycles. The van der Waals surface area contributed by atoms with Crippen LogP contribution in [0.1, 0.15) is 56.4 Å². The number of esters is 1. The average molecular weight is 642 g/mol. The lowest BCUT2D eigenvalue weighted by molar-refractivity contribution is -0.150. The lowest BCUT2D eigenvalue weighted by Gasteiger charge is -2.32. The van der Waals surface area contributed by atoms with E-state index in [1.165, 1.54) is 21.8 Å². The number of hydrogen-bond donors (Lipinski definition) is 3. The minimum Gasteiger partial charge on any atom is -0.465 e. The summed E-state index contributed by atoms with van der Waals surface area (Å²) < 4.78 is 38.1. The molecule has 2 unspecified atom stereocenters. The number of aliphatic hydroxyl groups excluding tert-OH is 1. The fourth-order valence-electron chi connectivity index (χ4n) is 4.80. The van der Waals surface area contributed by atoms with E-state index in [-0.39, 0.29) is 30.9 Å². The number of nitrogens with zero attached hydrogens (tertiary/aromatic N) is 1. The van der Waals surface area contributed by atoms with Gasteiger partial charge in [0.1, 0.15) is 23.6 Å². The minimum absolute atomic E-state index is 0.0146. The normalized spacial score (nSPS) is 23.8. The Labute approximate surface area is 239 Å². The molecule has 0 amide bonds. The van der Waals surface area contributed by atoms with Crippen LogP contribution < -0.4 is 20.9 Å². The molecule has 1 aromatic heterocycles. The summed E-state index contributed by atoms with van der Waals surface area (Å²) in [4.78, 5) is 41.1. The molecule has 2 aliphatic rings. The number of nitrogens with one attached hydrogen (secondary N) is 2. The number of benzene rings is 1. The Balaban J connectivity index is 1.55. The van der Waals surface area contributed by atoms with Gasteiger partial charge in [-0.2, -0.15) is 5.09 Å². The number of aryl methyl sites for hydroxylation is 1. The third kappa shape index (κ3) is 7.02. The minimum atomic E-state index is -4.22. The molecule has 3 N–H and O–H groups in total. The third-order valence-corrected chi connectivity index (χ3v) is 8.79.